The van der Waals surface area contributed by atoms with Gasteiger partial charge in [0.2, 0.25) is 0 Å². The fourth-order valence-electron chi connectivity index (χ4n) is 3.41. The molecule has 2 aromatic carbocycles. The van der Waals surface area contributed by atoms with Gasteiger partial charge in [0.1, 0.15) is 5.75 Å². The molecule has 0 aliphatic rings. The van der Waals surface area contributed by atoms with Crippen molar-refractivity contribution in [2.75, 3.05) is 13.2 Å². The zero-order chi connectivity index (χ0) is 25.0. The monoisotopic (exact) mass is 496 g/mol. The Balaban J connectivity index is 2.88. The highest BCUT2D eigenvalue weighted by molar-refractivity contribution is 6.33. The zero-order valence-electron chi connectivity index (χ0n) is 18.1. The largest absolute Gasteiger partial charge is 0.482 e. The maximum absolute atomic E-state index is 14.1. The fraction of sp³-hybridized carbons (Fsp3) is 0.435. The van der Waals surface area contributed by atoms with E-state index in [0.717, 1.165) is 6.07 Å². The Morgan fingerprint density at radius 1 is 1.06 bits per heavy atom. The second-order valence-corrected chi connectivity index (χ2v) is 8.11. The molecule has 0 amide bonds. The Morgan fingerprint density at radius 2 is 1.67 bits per heavy atom. The average molecular weight is 497 g/mol. The molecule has 0 aromatic heterocycles. The van der Waals surface area contributed by atoms with Gasteiger partial charge in [0.15, 0.2) is 6.61 Å². The molecule has 182 valence electrons. The molecular formula is C23H23ClF6O3. The van der Waals surface area contributed by atoms with E-state index in [-0.39, 0.29) is 30.1 Å². The lowest BCUT2D eigenvalue weighted by molar-refractivity contribution is -0.153. The van der Waals surface area contributed by atoms with Crippen LogP contribution in [-0.4, -0.2) is 25.4 Å². The summed E-state index contributed by atoms with van der Waals surface area (Å²) < 4.78 is 90.7. The van der Waals surface area contributed by atoms with E-state index < -0.39 is 52.7 Å². The number of halogens is 7. The number of hydrogen-bond acceptors (Lipinski definition) is 3. The average Bonchev–Trinajstić information content (AvgIpc) is 2.69. The highest BCUT2D eigenvalue weighted by Gasteiger charge is 2.42. The summed E-state index contributed by atoms with van der Waals surface area (Å²) in [7, 11) is 0. The molecule has 3 nitrogen and oxygen atoms in total. The molecule has 0 radical (unpaired) electrons. The fourth-order valence-corrected chi connectivity index (χ4v) is 3.78. The molecule has 0 fully saturated rings. The Hall–Kier alpha value is -2.42. The van der Waals surface area contributed by atoms with E-state index in [9.17, 15) is 31.1 Å². The van der Waals surface area contributed by atoms with Gasteiger partial charge in [0.05, 0.1) is 23.1 Å². The first-order chi connectivity index (χ1) is 15.3. The van der Waals surface area contributed by atoms with Crippen LogP contribution in [0.5, 0.6) is 5.75 Å². The Morgan fingerprint density at radius 3 is 2.15 bits per heavy atom. The maximum Gasteiger partial charge on any atom is 0.422 e. The molecular weight excluding hydrogens is 474 g/mol. The quantitative estimate of drug-likeness (QED) is 0.278. The summed E-state index contributed by atoms with van der Waals surface area (Å²) in [4.78, 5) is 12.6. The van der Waals surface area contributed by atoms with Crippen molar-refractivity contribution in [1.29, 1.82) is 0 Å². The van der Waals surface area contributed by atoms with E-state index in [4.69, 9.17) is 21.1 Å². The van der Waals surface area contributed by atoms with Gasteiger partial charge in [-0.05, 0) is 36.5 Å². The topological polar surface area (TPSA) is 35.5 Å². The number of carbonyl (C=O) groups excluding carboxylic acids is 1. The first-order valence-electron chi connectivity index (χ1n) is 10.1. The molecule has 2 rings (SSSR count). The highest BCUT2D eigenvalue weighted by Crippen LogP contribution is 2.49. The van der Waals surface area contributed by atoms with Gasteiger partial charge in [0.25, 0.3) is 0 Å². The Bertz CT molecular complexity index is 955. The van der Waals surface area contributed by atoms with E-state index in [2.05, 4.69) is 0 Å². The van der Waals surface area contributed by atoms with Gasteiger partial charge in [-0.2, -0.15) is 26.3 Å². The second-order valence-electron chi connectivity index (χ2n) is 7.73. The number of alkyl halides is 6. The molecule has 10 heteroatoms. The van der Waals surface area contributed by atoms with Crippen molar-refractivity contribution in [3.8, 4) is 16.9 Å². The van der Waals surface area contributed by atoms with Crippen LogP contribution in [0.15, 0.2) is 36.4 Å². The van der Waals surface area contributed by atoms with Crippen molar-refractivity contribution in [1.82, 2.24) is 0 Å². The lowest BCUT2D eigenvalue weighted by atomic mass is 9.85. The third kappa shape index (κ3) is 7.03. The van der Waals surface area contributed by atoms with Crippen molar-refractivity contribution in [2.45, 2.75) is 45.5 Å². The van der Waals surface area contributed by atoms with Crippen LogP contribution in [0.1, 0.15) is 44.2 Å². The van der Waals surface area contributed by atoms with Crippen LogP contribution >= 0.6 is 11.6 Å². The molecule has 0 heterocycles. The van der Waals surface area contributed by atoms with E-state index >= 15 is 0 Å². The van der Waals surface area contributed by atoms with Gasteiger partial charge in [-0.25, -0.2) is 0 Å². The zero-order valence-corrected chi connectivity index (χ0v) is 18.9. The SMILES string of the molecule is CCOC(=O)C(CC(C)C)c1cc(-c2ccccc2)c(OCC(F)(F)F)c(Cl)c1C(F)(F)F. The number of rotatable bonds is 8. The van der Waals surface area contributed by atoms with Gasteiger partial charge in [-0.15, -0.1) is 0 Å². The van der Waals surface area contributed by atoms with Crippen molar-refractivity contribution in [3.05, 3.63) is 52.5 Å². The van der Waals surface area contributed by atoms with Crippen LogP contribution in [0.4, 0.5) is 26.3 Å². The maximum atomic E-state index is 14.1. The third-order valence-corrected chi connectivity index (χ3v) is 5.01. The van der Waals surface area contributed by atoms with E-state index in [1.807, 2.05) is 0 Å². The predicted octanol–water partition coefficient (Wildman–Crippen LogP) is 7.66. The van der Waals surface area contributed by atoms with Gasteiger partial charge in [-0.1, -0.05) is 55.8 Å². The van der Waals surface area contributed by atoms with Crippen LogP contribution in [0.3, 0.4) is 0 Å². The highest BCUT2D eigenvalue weighted by atomic mass is 35.5. The Kier molecular flexibility index (Phi) is 8.68. The number of hydrogen-bond donors (Lipinski definition) is 0. The Labute approximate surface area is 192 Å². The van der Waals surface area contributed by atoms with E-state index in [1.165, 1.54) is 19.1 Å². The lowest BCUT2D eigenvalue weighted by Gasteiger charge is -2.26. The van der Waals surface area contributed by atoms with Crippen LogP contribution < -0.4 is 4.74 Å². The molecule has 0 bridgehead atoms. The van der Waals surface area contributed by atoms with Gasteiger partial charge in [-0.3, -0.25) is 4.79 Å². The molecule has 0 saturated carbocycles. The van der Waals surface area contributed by atoms with E-state index in [0.29, 0.717) is 0 Å². The number of esters is 1. The summed E-state index contributed by atoms with van der Waals surface area (Å²) in [5.41, 5.74) is -1.71. The molecule has 0 saturated heterocycles. The normalized spacial score (nSPS) is 13.2. The second kappa shape index (κ2) is 10.7. The summed E-state index contributed by atoms with van der Waals surface area (Å²) in [5.74, 6) is -3.17. The van der Waals surface area contributed by atoms with Crippen molar-refractivity contribution in [2.24, 2.45) is 5.92 Å². The smallest absolute Gasteiger partial charge is 0.422 e. The number of carbonyl (C=O) groups is 1. The van der Waals surface area contributed by atoms with E-state index in [1.54, 1.807) is 32.0 Å². The first kappa shape index (κ1) is 26.8. The molecule has 0 aliphatic heterocycles. The molecule has 2 aromatic rings. The predicted molar refractivity (Wildman–Crippen MR) is 112 cm³/mol. The van der Waals surface area contributed by atoms with Gasteiger partial charge < -0.3 is 9.47 Å². The van der Waals surface area contributed by atoms with Crippen molar-refractivity contribution >= 4 is 17.6 Å². The molecule has 0 N–H and O–H groups in total. The van der Waals surface area contributed by atoms with Crippen LogP contribution in [0, 0.1) is 5.92 Å². The minimum atomic E-state index is -5.07. The molecule has 1 unspecified atom stereocenters. The summed E-state index contributed by atoms with van der Waals surface area (Å²) in [6.45, 7) is 3.07. The van der Waals surface area contributed by atoms with Crippen LogP contribution in [0.2, 0.25) is 5.02 Å². The van der Waals surface area contributed by atoms with Crippen LogP contribution in [-0.2, 0) is 15.7 Å². The summed E-state index contributed by atoms with van der Waals surface area (Å²) >= 11 is 6.08. The summed E-state index contributed by atoms with van der Waals surface area (Å²) in [6.07, 6.45) is -9.87. The minimum Gasteiger partial charge on any atom is -0.482 e. The van der Waals surface area contributed by atoms with Gasteiger partial charge in [0, 0.05) is 5.56 Å². The van der Waals surface area contributed by atoms with Crippen molar-refractivity contribution < 1.29 is 40.6 Å². The molecule has 33 heavy (non-hydrogen) atoms. The summed E-state index contributed by atoms with van der Waals surface area (Å²) in [5, 5.41) is -1.04. The van der Waals surface area contributed by atoms with Gasteiger partial charge >= 0.3 is 18.3 Å². The number of benzene rings is 2. The molecule has 0 spiro atoms. The van der Waals surface area contributed by atoms with Crippen molar-refractivity contribution in [3.63, 3.8) is 0 Å². The van der Waals surface area contributed by atoms with Crippen LogP contribution in [0.25, 0.3) is 11.1 Å². The molecule has 0 aliphatic carbocycles. The first-order valence-corrected chi connectivity index (χ1v) is 10.5. The molecule has 1 atom stereocenters. The minimum absolute atomic E-state index is 0.00915. The summed E-state index contributed by atoms with van der Waals surface area (Å²) in [6, 6.07) is 8.76. The lowest BCUT2D eigenvalue weighted by Crippen LogP contribution is -2.24. The number of ether oxygens (including phenoxy) is 2. The third-order valence-electron chi connectivity index (χ3n) is 4.65. The standard InChI is InChI=1S/C23H23ClF6O3/c1-4-32-21(31)17(10-13(2)3)16-11-15(14-8-6-5-7-9-14)20(33-12-22(25,26)27)19(24)18(16)23(28,29)30/h5-9,11,13,17H,4,10,12H2,1-3H3.